The summed E-state index contributed by atoms with van der Waals surface area (Å²) in [4.78, 5) is 12.3. The lowest BCUT2D eigenvalue weighted by molar-refractivity contribution is -0.120. The molecule has 1 aromatic carbocycles. The van der Waals surface area contributed by atoms with Crippen LogP contribution in [0.4, 0.5) is 0 Å². The second kappa shape index (κ2) is 5.91. The second-order valence-corrected chi connectivity index (χ2v) is 6.38. The molecule has 5 heteroatoms. The van der Waals surface area contributed by atoms with Crippen molar-refractivity contribution in [3.8, 4) is 0 Å². The molecule has 0 radical (unpaired) electrons. The van der Waals surface area contributed by atoms with Crippen LogP contribution in [0.3, 0.4) is 0 Å². The first-order valence-corrected chi connectivity index (χ1v) is 7.82. The van der Waals surface area contributed by atoms with E-state index in [9.17, 15) is 4.79 Å². The number of nitrogens with one attached hydrogen (secondary N) is 1. The van der Waals surface area contributed by atoms with Crippen LogP contribution in [-0.4, -0.2) is 27.4 Å². The van der Waals surface area contributed by atoms with E-state index < -0.39 is 0 Å². The first kappa shape index (κ1) is 14.8. The van der Waals surface area contributed by atoms with Crippen molar-refractivity contribution in [2.24, 2.45) is 0 Å². The van der Waals surface area contributed by atoms with Crippen LogP contribution in [0.1, 0.15) is 43.7 Å². The lowest BCUT2D eigenvalue weighted by Crippen LogP contribution is -2.36. The molecule has 0 bridgehead atoms. The molecule has 1 N–H and O–H groups in total. The van der Waals surface area contributed by atoms with E-state index in [1.807, 2.05) is 29.1 Å². The van der Waals surface area contributed by atoms with Crippen LogP contribution in [0.2, 0.25) is 0 Å². The molecule has 1 amide bonds. The monoisotopic (exact) mass is 298 g/mol. The Hall–Kier alpha value is -2.17. The van der Waals surface area contributed by atoms with E-state index in [0.29, 0.717) is 18.9 Å². The average Bonchev–Trinajstić information content (AvgIpc) is 3.09. The maximum atomic E-state index is 12.3. The van der Waals surface area contributed by atoms with Crippen molar-refractivity contribution in [1.82, 2.24) is 20.3 Å². The van der Waals surface area contributed by atoms with Gasteiger partial charge in [0.05, 0.1) is 18.2 Å². The maximum Gasteiger partial charge on any atom is 0.224 e. The number of carbonyl (C=O) groups excluding carboxylic acids is 1. The Morgan fingerprint density at radius 3 is 2.77 bits per heavy atom. The highest BCUT2D eigenvalue weighted by Crippen LogP contribution is 2.41. The zero-order valence-corrected chi connectivity index (χ0v) is 13.1. The van der Waals surface area contributed by atoms with Gasteiger partial charge >= 0.3 is 0 Å². The van der Waals surface area contributed by atoms with Crippen molar-refractivity contribution < 1.29 is 4.79 Å². The number of hydrogen-bond donors (Lipinski definition) is 1. The third-order valence-corrected chi connectivity index (χ3v) is 4.38. The first-order valence-electron chi connectivity index (χ1n) is 7.82. The van der Waals surface area contributed by atoms with Gasteiger partial charge in [-0.15, -0.1) is 5.10 Å². The fourth-order valence-corrected chi connectivity index (χ4v) is 2.85. The van der Waals surface area contributed by atoms with Crippen LogP contribution in [0.25, 0.3) is 0 Å². The molecule has 0 atom stereocenters. The summed E-state index contributed by atoms with van der Waals surface area (Å²) in [5.41, 5.74) is 2.31. The van der Waals surface area contributed by atoms with Gasteiger partial charge in [0.2, 0.25) is 5.91 Å². The van der Waals surface area contributed by atoms with Crippen LogP contribution in [0.15, 0.2) is 36.7 Å². The van der Waals surface area contributed by atoms with Gasteiger partial charge in [0.15, 0.2) is 0 Å². The summed E-state index contributed by atoms with van der Waals surface area (Å²) in [6.07, 6.45) is 6.06. The summed E-state index contributed by atoms with van der Waals surface area (Å²) in [6.45, 7) is 4.93. The highest BCUT2D eigenvalue weighted by molar-refractivity contribution is 5.79. The van der Waals surface area contributed by atoms with Gasteiger partial charge in [-0.3, -0.25) is 4.79 Å². The van der Waals surface area contributed by atoms with Crippen LogP contribution >= 0.6 is 0 Å². The third kappa shape index (κ3) is 3.03. The van der Waals surface area contributed by atoms with E-state index in [2.05, 4.69) is 35.5 Å². The van der Waals surface area contributed by atoms with E-state index in [1.165, 1.54) is 5.56 Å². The molecule has 0 aliphatic heterocycles. The SMILES string of the molecule is CC(C)c1ccccc1CC(=O)NCC1(n2ccnn2)CC1. The summed E-state index contributed by atoms with van der Waals surface area (Å²) in [7, 11) is 0. The summed E-state index contributed by atoms with van der Waals surface area (Å²) < 4.78 is 1.87. The fourth-order valence-electron chi connectivity index (χ4n) is 2.85. The Morgan fingerprint density at radius 2 is 2.14 bits per heavy atom. The van der Waals surface area contributed by atoms with E-state index in [4.69, 9.17) is 0 Å². The molecule has 2 aromatic rings. The Morgan fingerprint density at radius 1 is 1.36 bits per heavy atom. The van der Waals surface area contributed by atoms with Crippen molar-refractivity contribution in [1.29, 1.82) is 0 Å². The van der Waals surface area contributed by atoms with Crippen molar-refractivity contribution in [3.63, 3.8) is 0 Å². The van der Waals surface area contributed by atoms with Gasteiger partial charge in [-0.25, -0.2) is 4.68 Å². The quantitative estimate of drug-likeness (QED) is 0.890. The third-order valence-electron chi connectivity index (χ3n) is 4.38. The normalized spacial score (nSPS) is 15.8. The fraction of sp³-hybridized carbons (Fsp3) is 0.471. The van der Waals surface area contributed by atoms with Crippen LogP contribution in [-0.2, 0) is 16.8 Å². The molecule has 1 saturated carbocycles. The number of carbonyl (C=O) groups is 1. The molecule has 22 heavy (non-hydrogen) atoms. The number of benzene rings is 1. The maximum absolute atomic E-state index is 12.3. The van der Waals surface area contributed by atoms with Crippen LogP contribution in [0, 0.1) is 0 Å². The predicted molar refractivity (Wildman–Crippen MR) is 84.5 cm³/mol. The molecule has 1 aliphatic rings. The molecule has 1 aliphatic carbocycles. The van der Waals surface area contributed by atoms with Gasteiger partial charge in [0, 0.05) is 12.7 Å². The summed E-state index contributed by atoms with van der Waals surface area (Å²) >= 11 is 0. The lowest BCUT2D eigenvalue weighted by atomic mass is 9.95. The Balaban J connectivity index is 1.60. The standard InChI is InChI=1S/C17H22N4O/c1-13(2)15-6-4-3-5-14(15)11-16(22)18-12-17(7-8-17)21-10-9-19-20-21/h3-6,9-10,13H,7-8,11-12H2,1-2H3,(H,18,22). The number of amides is 1. The Bertz CT molecular complexity index is 644. The van der Waals surface area contributed by atoms with Crippen molar-refractivity contribution in [2.75, 3.05) is 6.54 Å². The van der Waals surface area contributed by atoms with E-state index in [0.717, 1.165) is 18.4 Å². The highest BCUT2D eigenvalue weighted by Gasteiger charge is 2.45. The van der Waals surface area contributed by atoms with Gasteiger partial charge in [-0.1, -0.05) is 43.3 Å². The largest absolute Gasteiger partial charge is 0.353 e. The van der Waals surface area contributed by atoms with Gasteiger partial charge in [-0.05, 0) is 29.9 Å². The average molecular weight is 298 g/mol. The van der Waals surface area contributed by atoms with Crippen molar-refractivity contribution >= 4 is 5.91 Å². The molecule has 5 nitrogen and oxygen atoms in total. The lowest BCUT2D eigenvalue weighted by Gasteiger charge is -2.17. The van der Waals surface area contributed by atoms with Gasteiger partial charge in [-0.2, -0.15) is 0 Å². The smallest absolute Gasteiger partial charge is 0.224 e. The molecule has 3 rings (SSSR count). The Labute approximate surface area is 130 Å². The molecule has 0 unspecified atom stereocenters. The van der Waals surface area contributed by atoms with Crippen LogP contribution in [0.5, 0.6) is 0 Å². The molecule has 1 fully saturated rings. The molecule has 116 valence electrons. The zero-order valence-electron chi connectivity index (χ0n) is 13.1. The van der Waals surface area contributed by atoms with Crippen molar-refractivity contribution in [2.45, 2.75) is 44.6 Å². The second-order valence-electron chi connectivity index (χ2n) is 6.38. The van der Waals surface area contributed by atoms with E-state index >= 15 is 0 Å². The molecular formula is C17H22N4O. The van der Waals surface area contributed by atoms with Gasteiger partial charge in [0.1, 0.15) is 0 Å². The highest BCUT2D eigenvalue weighted by atomic mass is 16.1. The number of rotatable bonds is 6. The number of aromatic nitrogens is 3. The molecule has 1 aromatic heterocycles. The van der Waals surface area contributed by atoms with Gasteiger partial charge in [0.25, 0.3) is 0 Å². The summed E-state index contributed by atoms with van der Waals surface area (Å²) in [6, 6.07) is 8.16. The molecular weight excluding hydrogens is 276 g/mol. The Kier molecular flexibility index (Phi) is 3.96. The summed E-state index contributed by atoms with van der Waals surface area (Å²) in [5.74, 6) is 0.494. The topological polar surface area (TPSA) is 59.8 Å². The summed E-state index contributed by atoms with van der Waals surface area (Å²) in [5, 5.41) is 11.0. The van der Waals surface area contributed by atoms with Gasteiger partial charge < -0.3 is 5.32 Å². The predicted octanol–water partition coefficient (Wildman–Crippen LogP) is 2.25. The molecule has 0 spiro atoms. The minimum absolute atomic E-state index is 0.0519. The minimum Gasteiger partial charge on any atom is -0.353 e. The number of nitrogens with zero attached hydrogens (tertiary/aromatic N) is 3. The van der Waals surface area contributed by atoms with Crippen LogP contribution < -0.4 is 5.32 Å². The minimum atomic E-state index is -0.0519. The van der Waals surface area contributed by atoms with E-state index in [1.54, 1.807) is 6.20 Å². The van der Waals surface area contributed by atoms with E-state index in [-0.39, 0.29) is 11.4 Å². The molecule has 1 heterocycles. The zero-order chi connectivity index (χ0) is 15.6. The number of hydrogen-bond acceptors (Lipinski definition) is 3. The first-order chi connectivity index (χ1) is 10.6. The van der Waals surface area contributed by atoms with Crippen molar-refractivity contribution in [3.05, 3.63) is 47.8 Å². The molecule has 0 saturated heterocycles.